The van der Waals surface area contributed by atoms with E-state index in [9.17, 15) is 4.79 Å². The highest BCUT2D eigenvalue weighted by Crippen LogP contribution is 2.72. The summed E-state index contributed by atoms with van der Waals surface area (Å²) < 4.78 is 5.28. The molecule has 74 valence electrons. The Hall–Kier alpha value is -0.570. The summed E-state index contributed by atoms with van der Waals surface area (Å²) in [6.45, 7) is 5.61. The third-order valence-corrected chi connectivity index (χ3v) is 3.06. The van der Waals surface area contributed by atoms with Crippen LogP contribution in [0.5, 0.6) is 0 Å². The van der Waals surface area contributed by atoms with Crippen molar-refractivity contribution in [2.24, 2.45) is 11.1 Å². The Labute approximate surface area is 78.6 Å². The van der Waals surface area contributed by atoms with E-state index in [0.29, 0.717) is 0 Å². The van der Waals surface area contributed by atoms with Gasteiger partial charge in [-0.2, -0.15) is 0 Å². The molecule has 0 aromatic heterocycles. The van der Waals surface area contributed by atoms with Crippen molar-refractivity contribution in [1.29, 1.82) is 0 Å². The van der Waals surface area contributed by atoms with Crippen molar-refractivity contribution in [3.8, 4) is 0 Å². The van der Waals surface area contributed by atoms with Gasteiger partial charge in [-0.15, -0.1) is 0 Å². The van der Waals surface area contributed by atoms with E-state index in [-0.39, 0.29) is 11.4 Å². The summed E-state index contributed by atoms with van der Waals surface area (Å²) in [6.07, 6.45) is 3.03. The molecule has 2 N–H and O–H groups in total. The van der Waals surface area contributed by atoms with Gasteiger partial charge in [0.15, 0.2) is 0 Å². The Morgan fingerprint density at radius 1 is 1.38 bits per heavy atom. The number of ether oxygens (including phenoxy) is 1. The highest BCUT2D eigenvalue weighted by molar-refractivity contribution is 5.87. The van der Waals surface area contributed by atoms with Gasteiger partial charge in [-0.1, -0.05) is 0 Å². The molecule has 1 spiro atoms. The predicted octanol–water partition coefficient (Wildman–Crippen LogP) is 1.21. The molecule has 0 amide bonds. The molecular weight excluding hydrogens is 166 g/mol. The van der Waals surface area contributed by atoms with Gasteiger partial charge < -0.3 is 10.5 Å². The van der Waals surface area contributed by atoms with E-state index in [0.717, 1.165) is 19.3 Å². The Balaban J connectivity index is 1.99. The molecule has 0 heterocycles. The van der Waals surface area contributed by atoms with Crippen LogP contribution >= 0.6 is 0 Å². The lowest BCUT2D eigenvalue weighted by molar-refractivity contribution is -0.158. The second-order valence-corrected chi connectivity index (χ2v) is 5.43. The summed E-state index contributed by atoms with van der Waals surface area (Å²) >= 11 is 0. The Morgan fingerprint density at radius 2 is 1.92 bits per heavy atom. The van der Waals surface area contributed by atoms with Crippen LogP contribution in [0.4, 0.5) is 0 Å². The predicted molar refractivity (Wildman–Crippen MR) is 49.0 cm³/mol. The first-order chi connectivity index (χ1) is 5.79. The average Bonchev–Trinajstić information content (AvgIpc) is 2.74. The third-order valence-electron chi connectivity index (χ3n) is 3.06. The SMILES string of the molecule is CC(C)(C)OC(=O)C1(N)CC12CC2. The fourth-order valence-corrected chi connectivity index (χ4v) is 1.92. The van der Waals surface area contributed by atoms with E-state index in [1.54, 1.807) is 0 Å². The van der Waals surface area contributed by atoms with E-state index in [2.05, 4.69) is 0 Å². The van der Waals surface area contributed by atoms with Gasteiger partial charge in [0.05, 0.1) is 0 Å². The van der Waals surface area contributed by atoms with Gasteiger partial charge in [-0.05, 0) is 40.0 Å². The van der Waals surface area contributed by atoms with Crippen molar-refractivity contribution < 1.29 is 9.53 Å². The number of carbonyl (C=O) groups excluding carboxylic acids is 1. The molecule has 3 heteroatoms. The first-order valence-electron chi connectivity index (χ1n) is 4.82. The number of esters is 1. The van der Waals surface area contributed by atoms with Crippen molar-refractivity contribution in [3.05, 3.63) is 0 Å². The van der Waals surface area contributed by atoms with E-state index in [1.807, 2.05) is 20.8 Å². The van der Waals surface area contributed by atoms with Gasteiger partial charge in [0, 0.05) is 5.41 Å². The number of nitrogens with two attached hydrogens (primary N) is 1. The Kier molecular flexibility index (Phi) is 1.44. The van der Waals surface area contributed by atoms with Gasteiger partial charge in [-0.3, -0.25) is 4.79 Å². The monoisotopic (exact) mass is 183 g/mol. The summed E-state index contributed by atoms with van der Waals surface area (Å²) in [7, 11) is 0. The molecule has 1 unspecified atom stereocenters. The fourth-order valence-electron chi connectivity index (χ4n) is 1.92. The number of carbonyl (C=O) groups is 1. The fraction of sp³-hybridized carbons (Fsp3) is 0.900. The zero-order valence-electron chi connectivity index (χ0n) is 8.52. The highest BCUT2D eigenvalue weighted by Gasteiger charge is 2.77. The standard InChI is InChI=1S/C10H17NO2/c1-8(2,3)13-7(12)10(11)6-9(10)4-5-9/h4-6,11H2,1-3H3. The minimum absolute atomic E-state index is 0.148. The molecule has 1 atom stereocenters. The highest BCUT2D eigenvalue weighted by atomic mass is 16.6. The van der Waals surface area contributed by atoms with Gasteiger partial charge in [0.25, 0.3) is 0 Å². The second kappa shape index (κ2) is 2.08. The van der Waals surface area contributed by atoms with E-state index in [4.69, 9.17) is 10.5 Å². The maximum Gasteiger partial charge on any atom is 0.327 e. The van der Waals surface area contributed by atoms with E-state index >= 15 is 0 Å². The van der Waals surface area contributed by atoms with Crippen molar-refractivity contribution >= 4 is 5.97 Å². The van der Waals surface area contributed by atoms with Crippen LogP contribution in [0, 0.1) is 5.41 Å². The zero-order valence-corrected chi connectivity index (χ0v) is 8.52. The molecule has 2 aliphatic carbocycles. The van der Waals surface area contributed by atoms with Crippen molar-refractivity contribution in [3.63, 3.8) is 0 Å². The Bertz CT molecular complexity index is 263. The van der Waals surface area contributed by atoms with Crippen LogP contribution < -0.4 is 5.73 Å². The summed E-state index contributed by atoms with van der Waals surface area (Å²) in [6, 6.07) is 0. The minimum Gasteiger partial charge on any atom is -0.459 e. The lowest BCUT2D eigenvalue weighted by atomic mass is 10.1. The average molecular weight is 183 g/mol. The first kappa shape index (κ1) is 9.00. The van der Waals surface area contributed by atoms with Crippen molar-refractivity contribution in [1.82, 2.24) is 0 Å². The van der Waals surface area contributed by atoms with Crippen molar-refractivity contribution in [2.75, 3.05) is 0 Å². The molecule has 0 bridgehead atoms. The molecule has 3 nitrogen and oxygen atoms in total. The van der Waals surface area contributed by atoms with Crippen LogP contribution in [0.15, 0.2) is 0 Å². The maximum atomic E-state index is 11.7. The van der Waals surface area contributed by atoms with E-state index < -0.39 is 11.1 Å². The zero-order chi connectivity index (χ0) is 9.91. The molecule has 2 aliphatic rings. The molecule has 0 aromatic carbocycles. The van der Waals surface area contributed by atoms with Crippen LogP contribution in [-0.2, 0) is 9.53 Å². The largest absolute Gasteiger partial charge is 0.459 e. The number of hydrogen-bond acceptors (Lipinski definition) is 3. The summed E-state index contributed by atoms with van der Waals surface area (Å²) in [5.41, 5.74) is 5.06. The third kappa shape index (κ3) is 1.26. The quantitative estimate of drug-likeness (QED) is 0.622. The van der Waals surface area contributed by atoms with Crippen molar-refractivity contribution in [2.45, 2.75) is 51.2 Å². The lowest BCUT2D eigenvalue weighted by Crippen LogP contribution is -2.41. The normalized spacial score (nSPS) is 34.5. The molecule has 2 rings (SSSR count). The molecule has 13 heavy (non-hydrogen) atoms. The van der Waals surface area contributed by atoms with Gasteiger partial charge in [0.1, 0.15) is 11.1 Å². The number of rotatable bonds is 1. The van der Waals surface area contributed by atoms with Crippen LogP contribution in [0.2, 0.25) is 0 Å². The van der Waals surface area contributed by atoms with Gasteiger partial charge in [-0.25, -0.2) is 0 Å². The molecule has 2 fully saturated rings. The molecule has 0 radical (unpaired) electrons. The van der Waals surface area contributed by atoms with Gasteiger partial charge in [0.2, 0.25) is 0 Å². The molecular formula is C10H17NO2. The first-order valence-corrected chi connectivity index (χ1v) is 4.82. The lowest BCUT2D eigenvalue weighted by Gasteiger charge is -2.22. The second-order valence-electron chi connectivity index (χ2n) is 5.43. The van der Waals surface area contributed by atoms with Crippen LogP contribution in [-0.4, -0.2) is 17.1 Å². The van der Waals surface area contributed by atoms with Gasteiger partial charge >= 0.3 is 5.97 Å². The summed E-state index contributed by atoms with van der Waals surface area (Å²) in [4.78, 5) is 11.7. The molecule has 2 saturated carbocycles. The molecule has 0 saturated heterocycles. The van der Waals surface area contributed by atoms with Crippen LogP contribution in [0.1, 0.15) is 40.0 Å². The summed E-state index contributed by atoms with van der Waals surface area (Å²) in [5.74, 6) is -0.211. The van der Waals surface area contributed by atoms with Crippen LogP contribution in [0.3, 0.4) is 0 Å². The maximum absolute atomic E-state index is 11.7. The minimum atomic E-state index is -0.639. The van der Waals surface area contributed by atoms with Crippen LogP contribution in [0.25, 0.3) is 0 Å². The number of hydrogen-bond donors (Lipinski definition) is 1. The van der Waals surface area contributed by atoms with E-state index in [1.165, 1.54) is 0 Å². The Morgan fingerprint density at radius 3 is 2.23 bits per heavy atom. The smallest absolute Gasteiger partial charge is 0.327 e. The summed E-state index contributed by atoms with van der Waals surface area (Å²) in [5, 5.41) is 0. The molecule has 0 aliphatic heterocycles. The molecule has 0 aromatic rings. The topological polar surface area (TPSA) is 52.3 Å².